The summed E-state index contributed by atoms with van der Waals surface area (Å²) in [6.07, 6.45) is 1.40. The molecule has 0 aliphatic carbocycles. The van der Waals surface area contributed by atoms with E-state index in [9.17, 15) is 9.59 Å². The van der Waals surface area contributed by atoms with Crippen molar-refractivity contribution in [3.8, 4) is 10.4 Å². The van der Waals surface area contributed by atoms with E-state index in [0.29, 0.717) is 32.5 Å². The highest BCUT2D eigenvalue weighted by atomic mass is 35.5. The number of rotatable bonds is 6. The van der Waals surface area contributed by atoms with E-state index in [2.05, 4.69) is 28.0 Å². The van der Waals surface area contributed by atoms with Gasteiger partial charge in [0.15, 0.2) is 0 Å². The summed E-state index contributed by atoms with van der Waals surface area (Å²) in [7, 11) is 1.43. The quantitative estimate of drug-likeness (QED) is 0.597. The van der Waals surface area contributed by atoms with Gasteiger partial charge in [-0.05, 0) is 31.0 Å². The molecule has 0 atom stereocenters. The minimum absolute atomic E-state index is 0.0664. The molecular weight excluding hydrogens is 446 g/mol. The monoisotopic (exact) mass is 475 g/mol. The maximum atomic E-state index is 12.7. The summed E-state index contributed by atoms with van der Waals surface area (Å²) in [4.78, 5) is 33.5. The van der Waals surface area contributed by atoms with Crippen LogP contribution in [0.2, 0.25) is 5.02 Å². The number of esters is 1. The second kappa shape index (κ2) is 10.8. The third-order valence-corrected chi connectivity index (χ3v) is 7.82. The molecule has 2 aromatic rings. The van der Waals surface area contributed by atoms with E-state index >= 15 is 0 Å². The number of ether oxygens (including phenoxy) is 1. The molecule has 3 heterocycles. The number of hydrogen-bond acceptors (Lipinski definition) is 6. The highest BCUT2D eigenvalue weighted by Gasteiger charge is 2.29. The topological polar surface area (TPSA) is 53.1 Å². The Kier molecular flexibility index (Phi) is 7.84. The fourth-order valence-corrected chi connectivity index (χ4v) is 5.80. The fraction of sp³-hybridized carbons (Fsp3) is 0.500. The summed E-state index contributed by atoms with van der Waals surface area (Å²) in [5.74, 6) is -0.0503. The number of methoxy groups -OCH3 is 1. The van der Waals surface area contributed by atoms with E-state index < -0.39 is 0 Å². The van der Waals surface area contributed by atoms with Crippen LogP contribution in [-0.4, -0.2) is 79.5 Å². The van der Waals surface area contributed by atoms with Gasteiger partial charge in [0.05, 0.1) is 19.6 Å². The molecule has 0 N–H and O–H groups in total. The Bertz CT molecular complexity index is 934. The average molecular weight is 476 g/mol. The van der Waals surface area contributed by atoms with Crippen LogP contribution in [0.3, 0.4) is 0 Å². The van der Waals surface area contributed by atoms with Crippen molar-refractivity contribution < 1.29 is 14.3 Å². The molecule has 4 rings (SSSR count). The molecule has 172 valence electrons. The molecule has 2 aliphatic rings. The van der Waals surface area contributed by atoms with Gasteiger partial charge in [0.25, 0.3) is 0 Å². The normalized spacial score (nSPS) is 18.6. The van der Waals surface area contributed by atoms with Crippen LogP contribution in [0.1, 0.15) is 17.7 Å². The van der Waals surface area contributed by atoms with Crippen molar-refractivity contribution in [2.45, 2.75) is 19.4 Å². The van der Waals surface area contributed by atoms with Crippen molar-refractivity contribution in [2.24, 2.45) is 5.92 Å². The van der Waals surface area contributed by atoms with Gasteiger partial charge in [-0.1, -0.05) is 29.8 Å². The summed E-state index contributed by atoms with van der Waals surface area (Å²) < 4.78 is 4.83. The van der Waals surface area contributed by atoms with E-state index in [-0.39, 0.29) is 17.8 Å². The number of thiophene rings is 1. The third kappa shape index (κ3) is 5.70. The second-order valence-corrected chi connectivity index (χ2v) is 10.1. The van der Waals surface area contributed by atoms with Gasteiger partial charge < -0.3 is 9.64 Å². The number of carbonyl (C=O) groups is 2. The molecule has 1 aromatic heterocycles. The zero-order chi connectivity index (χ0) is 22.5. The lowest BCUT2D eigenvalue weighted by atomic mass is 9.97. The summed E-state index contributed by atoms with van der Waals surface area (Å²) in [6, 6.07) is 12.3. The van der Waals surface area contributed by atoms with E-state index in [1.165, 1.54) is 16.9 Å². The Balaban J connectivity index is 1.21. The van der Waals surface area contributed by atoms with E-state index in [1.807, 2.05) is 23.1 Å². The Morgan fingerprint density at radius 2 is 1.69 bits per heavy atom. The van der Waals surface area contributed by atoms with Crippen LogP contribution in [0, 0.1) is 5.92 Å². The van der Waals surface area contributed by atoms with Crippen LogP contribution in [0.25, 0.3) is 10.4 Å². The molecule has 0 unspecified atom stereocenters. The number of piperidine rings is 1. The van der Waals surface area contributed by atoms with Gasteiger partial charge in [-0.25, -0.2) is 0 Å². The van der Waals surface area contributed by atoms with Crippen LogP contribution in [0.15, 0.2) is 36.4 Å². The molecule has 32 heavy (non-hydrogen) atoms. The highest BCUT2D eigenvalue weighted by Crippen LogP contribution is 2.33. The summed E-state index contributed by atoms with van der Waals surface area (Å²) in [6.45, 7) is 6.38. The maximum Gasteiger partial charge on any atom is 0.308 e. The summed E-state index contributed by atoms with van der Waals surface area (Å²) >= 11 is 8.13. The van der Waals surface area contributed by atoms with Crippen LogP contribution in [-0.2, 0) is 20.9 Å². The first-order valence-electron chi connectivity index (χ1n) is 11.2. The van der Waals surface area contributed by atoms with Crippen molar-refractivity contribution in [3.05, 3.63) is 46.3 Å². The predicted octanol–water partition coefficient (Wildman–Crippen LogP) is 3.60. The zero-order valence-electron chi connectivity index (χ0n) is 18.5. The Morgan fingerprint density at radius 1 is 1.00 bits per heavy atom. The molecular formula is C24H30ClN3O3S. The number of piperazine rings is 1. The molecule has 0 saturated carbocycles. The van der Waals surface area contributed by atoms with Crippen LogP contribution < -0.4 is 0 Å². The number of benzene rings is 1. The molecule has 6 nitrogen and oxygen atoms in total. The Hall–Kier alpha value is -1.93. The van der Waals surface area contributed by atoms with Gasteiger partial charge in [0.2, 0.25) is 5.91 Å². The van der Waals surface area contributed by atoms with Crippen LogP contribution >= 0.6 is 22.9 Å². The number of amides is 1. The molecule has 1 aromatic carbocycles. The summed E-state index contributed by atoms with van der Waals surface area (Å²) in [5.41, 5.74) is 1.09. The number of nitrogens with zero attached hydrogens (tertiary/aromatic N) is 3. The molecule has 8 heteroatoms. The zero-order valence-corrected chi connectivity index (χ0v) is 20.0. The van der Waals surface area contributed by atoms with Gasteiger partial charge in [-0.2, -0.15) is 0 Å². The lowest BCUT2D eigenvalue weighted by Gasteiger charge is -2.36. The molecule has 0 spiro atoms. The molecule has 0 bridgehead atoms. The van der Waals surface area contributed by atoms with E-state index in [1.54, 1.807) is 11.3 Å². The van der Waals surface area contributed by atoms with Crippen molar-refractivity contribution in [1.82, 2.24) is 14.7 Å². The standard InChI is InChI=1S/C24H30ClN3O3S/c1-31-24(30)18-8-10-28(11-9-18)23(29)17-27-14-12-26(13-15-27)16-19-6-7-22(32-19)20-4-2-3-5-21(20)25/h2-7,18H,8-17H2,1H3. The SMILES string of the molecule is COC(=O)C1CCN(C(=O)CN2CCN(Cc3ccc(-c4ccccc4Cl)s3)CC2)CC1. The molecule has 2 saturated heterocycles. The first kappa shape index (κ1) is 23.2. The molecule has 2 fully saturated rings. The smallest absolute Gasteiger partial charge is 0.308 e. The number of carbonyl (C=O) groups excluding carboxylic acids is 2. The molecule has 0 radical (unpaired) electrons. The fourth-order valence-electron chi connectivity index (χ4n) is 4.42. The minimum atomic E-state index is -0.155. The lowest BCUT2D eigenvalue weighted by molar-refractivity contribution is -0.149. The van der Waals surface area contributed by atoms with Crippen LogP contribution in [0.5, 0.6) is 0 Å². The maximum absolute atomic E-state index is 12.7. The van der Waals surface area contributed by atoms with Gasteiger partial charge in [-0.3, -0.25) is 19.4 Å². The first-order chi connectivity index (χ1) is 15.5. The van der Waals surface area contributed by atoms with Crippen molar-refractivity contribution in [2.75, 3.05) is 52.9 Å². The Morgan fingerprint density at radius 3 is 2.38 bits per heavy atom. The van der Waals surface area contributed by atoms with Gasteiger partial charge in [-0.15, -0.1) is 11.3 Å². The minimum Gasteiger partial charge on any atom is -0.469 e. The number of hydrogen-bond donors (Lipinski definition) is 0. The first-order valence-corrected chi connectivity index (χ1v) is 12.4. The average Bonchev–Trinajstić information content (AvgIpc) is 3.28. The van der Waals surface area contributed by atoms with E-state index in [4.69, 9.17) is 16.3 Å². The molecule has 2 aliphatic heterocycles. The predicted molar refractivity (Wildman–Crippen MR) is 128 cm³/mol. The van der Waals surface area contributed by atoms with Gasteiger partial charge in [0, 0.05) is 66.2 Å². The largest absolute Gasteiger partial charge is 0.469 e. The van der Waals surface area contributed by atoms with Crippen LogP contribution in [0.4, 0.5) is 0 Å². The second-order valence-electron chi connectivity index (χ2n) is 8.48. The number of likely N-dealkylation sites (tertiary alicyclic amines) is 1. The van der Waals surface area contributed by atoms with Gasteiger partial charge in [0.1, 0.15) is 0 Å². The van der Waals surface area contributed by atoms with Crippen molar-refractivity contribution in [1.29, 1.82) is 0 Å². The van der Waals surface area contributed by atoms with Crippen molar-refractivity contribution >= 4 is 34.8 Å². The highest BCUT2D eigenvalue weighted by molar-refractivity contribution is 7.15. The van der Waals surface area contributed by atoms with E-state index in [0.717, 1.165) is 43.3 Å². The molecule has 1 amide bonds. The Labute approximate surface area is 198 Å². The summed E-state index contributed by atoms with van der Waals surface area (Å²) in [5, 5.41) is 0.786. The third-order valence-electron chi connectivity index (χ3n) is 6.39. The number of halogens is 1. The van der Waals surface area contributed by atoms with Crippen molar-refractivity contribution in [3.63, 3.8) is 0 Å². The lowest BCUT2D eigenvalue weighted by Crippen LogP contribution is -2.51. The van der Waals surface area contributed by atoms with Gasteiger partial charge >= 0.3 is 5.97 Å².